The molecular formula is C82H92N10O4. The summed E-state index contributed by atoms with van der Waals surface area (Å²) in [6, 6.07) is 46.4. The summed E-state index contributed by atoms with van der Waals surface area (Å²) in [5.41, 5.74) is 9.60. The van der Waals surface area contributed by atoms with Gasteiger partial charge in [-0.1, -0.05) is 185 Å². The molecule has 2 heterocycles. The Morgan fingerprint density at radius 1 is 0.323 bits per heavy atom. The summed E-state index contributed by atoms with van der Waals surface area (Å²) < 4.78 is 23.5. The first-order valence-corrected chi connectivity index (χ1v) is 33.4. The number of rotatable bonds is 29. The van der Waals surface area contributed by atoms with Crippen molar-refractivity contribution < 1.29 is 18.9 Å². The fourth-order valence-electron chi connectivity index (χ4n) is 10.5. The van der Waals surface area contributed by atoms with E-state index in [1.54, 1.807) is 36.5 Å². The van der Waals surface area contributed by atoms with Gasteiger partial charge in [-0.05, 0) is 174 Å². The number of likely N-dealkylation sites (tertiary alicyclic amines) is 2. The van der Waals surface area contributed by atoms with Gasteiger partial charge in [-0.3, -0.25) is 38.9 Å². The second-order valence-electron chi connectivity index (χ2n) is 23.2. The Hall–Kier alpha value is -10.3. The van der Waals surface area contributed by atoms with Crippen molar-refractivity contribution >= 4 is 36.5 Å². The molecule has 0 amide bonds. The molecule has 494 valence electrons. The molecule has 6 aromatic rings. The van der Waals surface area contributed by atoms with Crippen molar-refractivity contribution in [2.45, 2.75) is 80.1 Å². The summed E-state index contributed by atoms with van der Waals surface area (Å²) in [5.74, 6) is 3.23. The molecule has 2 saturated heterocycles. The minimum atomic E-state index is 0.305. The Balaban J connectivity index is 0.000000236. The summed E-state index contributed by atoms with van der Waals surface area (Å²) in [6.07, 6.45) is 18.3. The van der Waals surface area contributed by atoms with E-state index >= 15 is 0 Å². The van der Waals surface area contributed by atoms with E-state index in [-0.39, 0.29) is 0 Å². The maximum Gasteiger partial charge on any atom is 0.195 e. The van der Waals surface area contributed by atoms with Gasteiger partial charge in [-0.25, -0.2) is 0 Å². The van der Waals surface area contributed by atoms with Gasteiger partial charge in [0.2, 0.25) is 0 Å². The molecule has 2 aliphatic heterocycles. The highest BCUT2D eigenvalue weighted by Crippen LogP contribution is 2.27. The van der Waals surface area contributed by atoms with Gasteiger partial charge in [-0.2, -0.15) is 0 Å². The highest BCUT2D eigenvalue weighted by atomic mass is 16.5. The summed E-state index contributed by atoms with van der Waals surface area (Å²) in [5, 5.41) is 0. The molecule has 96 heavy (non-hydrogen) atoms. The quantitative estimate of drug-likeness (QED) is 0.0340. The Labute approximate surface area is 572 Å². The largest absolute Gasteiger partial charge is 0.492 e. The van der Waals surface area contributed by atoms with E-state index in [1.807, 2.05) is 159 Å². The number of benzene rings is 6. The monoisotopic (exact) mass is 1280 g/mol. The minimum Gasteiger partial charge on any atom is -0.492 e. The van der Waals surface area contributed by atoms with Crippen LogP contribution in [0.5, 0.6) is 23.0 Å². The molecule has 0 bridgehead atoms. The van der Waals surface area contributed by atoms with Gasteiger partial charge in [0, 0.05) is 26.2 Å². The van der Waals surface area contributed by atoms with Gasteiger partial charge in [-0.15, -0.1) is 0 Å². The second kappa shape index (κ2) is 42.9. The fraction of sp³-hybridized carbons (Fsp3) is 0.341. The third-order valence-electron chi connectivity index (χ3n) is 16.4. The lowest BCUT2D eigenvalue weighted by molar-refractivity contribution is 0.183. The third-order valence-corrected chi connectivity index (χ3v) is 16.4. The lowest BCUT2D eigenvalue weighted by Gasteiger charge is -2.26. The van der Waals surface area contributed by atoms with Crippen LogP contribution in [0.15, 0.2) is 180 Å². The maximum atomic E-state index is 7.65. The predicted molar refractivity (Wildman–Crippen MR) is 394 cm³/mol. The number of hydrogen-bond donors (Lipinski definition) is 0. The van der Waals surface area contributed by atoms with E-state index < -0.39 is 0 Å². The molecular weight excluding hydrogens is 1190 g/mol. The van der Waals surface area contributed by atoms with Crippen LogP contribution < -0.4 is 18.9 Å². The Bertz CT molecular complexity index is 3530. The Morgan fingerprint density at radius 2 is 0.531 bits per heavy atom. The fourth-order valence-corrected chi connectivity index (χ4v) is 10.5. The third kappa shape index (κ3) is 27.0. The SMILES string of the molecule is [C-]#[N+]C(=C\c1ccc(C)cc1)/C(=C/c1ccc(C)cc1)[N+]#[C-].[C-]#[N+]C(=C\c1ccc(OCCN(CC)CC)cc1)/C(=C/c1ccc(OCCN(CC)CC)cc1)[N+]#[C-].[C-]#[N+]C(=C\c1ccc(OCCN2CCCCC2)cc1)/C(=C/c1ccc(OCCN2CCCCC2)cc1)[N+]#[C-]. The molecule has 0 N–H and O–H groups in total. The maximum absolute atomic E-state index is 7.65. The van der Waals surface area contributed by atoms with Crippen molar-refractivity contribution in [2.24, 2.45) is 0 Å². The first-order valence-electron chi connectivity index (χ1n) is 33.4. The van der Waals surface area contributed by atoms with E-state index in [4.69, 9.17) is 58.4 Å². The van der Waals surface area contributed by atoms with Crippen molar-refractivity contribution in [3.05, 3.63) is 293 Å². The van der Waals surface area contributed by atoms with Gasteiger partial charge >= 0.3 is 0 Å². The number of piperidine rings is 2. The smallest absolute Gasteiger partial charge is 0.195 e. The van der Waals surface area contributed by atoms with Gasteiger partial charge < -0.3 is 28.7 Å². The molecule has 14 heteroatoms. The number of hydrogen-bond acceptors (Lipinski definition) is 8. The number of likely N-dealkylation sites (N-methyl/N-ethyl adjacent to an activating group) is 2. The minimum absolute atomic E-state index is 0.305. The van der Waals surface area contributed by atoms with Gasteiger partial charge in [0.25, 0.3) is 0 Å². The predicted octanol–water partition coefficient (Wildman–Crippen LogP) is 18.5. The van der Waals surface area contributed by atoms with E-state index in [0.717, 1.165) is 109 Å². The van der Waals surface area contributed by atoms with Crippen molar-refractivity contribution in [2.75, 3.05) is 105 Å². The van der Waals surface area contributed by atoms with Gasteiger partial charge in [0.05, 0.1) is 39.4 Å². The summed E-state index contributed by atoms with van der Waals surface area (Å²) >= 11 is 0. The highest BCUT2D eigenvalue weighted by molar-refractivity contribution is 5.72. The van der Waals surface area contributed by atoms with Crippen LogP contribution in [0.25, 0.3) is 65.5 Å². The van der Waals surface area contributed by atoms with Gasteiger partial charge in [0.15, 0.2) is 34.2 Å². The Morgan fingerprint density at radius 3 is 0.740 bits per heavy atom. The van der Waals surface area contributed by atoms with Crippen LogP contribution in [0.2, 0.25) is 0 Å². The standard InChI is InChI=1S/C32H38N4O2.C30H38N4O2.C20H16N2/c1-33-31(25-27-9-13-29(14-10-27)37-23-21-35-17-5-3-6-18-35)32(34-2)26-28-11-15-30(16-12-28)38-24-22-36-19-7-4-8-20-36;1-7-33(8-2)19-21-35-27-15-11-25(12-16-27)23-29(31-5)30(32-6)24-26-13-17-28(18-14-26)36-22-20-34(9-3)10-4;1-15-5-9-17(10-6-15)13-19(21-3)20(22-4)14-18-11-7-16(2)8-12-18/h9-16,25-26H,3-8,17-24H2;11-18,23-24H,7-10,19-22H2,1-4H3;5-14H,1-2H3/b31-25-,32-26-;29-23-,30-24-;19-13-,20-14-. The zero-order valence-electron chi connectivity index (χ0n) is 57.0. The average molecular weight is 1280 g/mol. The molecule has 0 aromatic heterocycles. The second-order valence-corrected chi connectivity index (χ2v) is 23.2. The van der Waals surface area contributed by atoms with Crippen LogP contribution >= 0.6 is 0 Å². The number of ether oxygens (including phenoxy) is 4. The van der Waals surface area contributed by atoms with Crippen LogP contribution in [0.1, 0.15) is 111 Å². The number of nitrogens with zero attached hydrogens (tertiary/aromatic N) is 10. The lowest BCUT2D eigenvalue weighted by atomic mass is 10.1. The first-order chi connectivity index (χ1) is 46.9. The summed E-state index contributed by atoms with van der Waals surface area (Å²) in [7, 11) is 0. The molecule has 0 aliphatic carbocycles. The van der Waals surface area contributed by atoms with Crippen LogP contribution in [0.4, 0.5) is 0 Å². The Kier molecular flexibility index (Phi) is 33.4. The highest BCUT2D eigenvalue weighted by Gasteiger charge is 2.14. The molecule has 14 nitrogen and oxygen atoms in total. The van der Waals surface area contributed by atoms with E-state index in [0.29, 0.717) is 60.6 Å². The van der Waals surface area contributed by atoms with E-state index in [2.05, 4.69) is 76.4 Å². The molecule has 0 spiro atoms. The van der Waals surface area contributed by atoms with Crippen LogP contribution in [-0.2, 0) is 0 Å². The molecule has 2 aliphatic rings. The zero-order chi connectivity index (χ0) is 68.5. The van der Waals surface area contributed by atoms with Crippen LogP contribution in [-0.4, -0.2) is 125 Å². The molecule has 2 fully saturated rings. The van der Waals surface area contributed by atoms with Crippen LogP contribution in [0, 0.1) is 53.3 Å². The molecule has 0 saturated carbocycles. The van der Waals surface area contributed by atoms with Crippen molar-refractivity contribution in [1.29, 1.82) is 0 Å². The molecule has 0 radical (unpaired) electrons. The van der Waals surface area contributed by atoms with Gasteiger partial charge in [0.1, 0.15) is 49.4 Å². The summed E-state index contributed by atoms with van der Waals surface area (Å²) in [4.78, 5) is 31.1. The molecule has 0 atom stereocenters. The zero-order valence-corrected chi connectivity index (χ0v) is 57.0. The molecule has 0 unspecified atom stereocenters. The van der Waals surface area contributed by atoms with E-state index in [9.17, 15) is 0 Å². The average Bonchev–Trinajstić information content (AvgIpc) is 1.89. The lowest BCUT2D eigenvalue weighted by Crippen LogP contribution is -2.33. The van der Waals surface area contributed by atoms with Crippen molar-refractivity contribution in [3.8, 4) is 23.0 Å². The van der Waals surface area contributed by atoms with Crippen LogP contribution in [0.3, 0.4) is 0 Å². The molecule has 6 aromatic carbocycles. The first kappa shape index (κ1) is 74.8. The summed E-state index contributed by atoms with van der Waals surface area (Å²) in [6.45, 7) is 72.9. The number of aryl methyl sites for hydroxylation is 2. The van der Waals surface area contributed by atoms with Crippen molar-refractivity contribution in [3.63, 3.8) is 0 Å². The van der Waals surface area contributed by atoms with E-state index in [1.165, 1.54) is 75.8 Å². The normalized spacial score (nSPS) is 14.0. The molecule has 8 rings (SSSR count). The topological polar surface area (TPSA) is 76.0 Å². The van der Waals surface area contributed by atoms with Crippen molar-refractivity contribution in [1.82, 2.24) is 19.6 Å².